The van der Waals surface area contributed by atoms with E-state index in [1.807, 2.05) is 50.2 Å². The summed E-state index contributed by atoms with van der Waals surface area (Å²) in [6.45, 7) is 4.66. The van der Waals surface area contributed by atoms with Crippen molar-refractivity contribution >= 4 is 43.9 Å². The quantitative estimate of drug-likeness (QED) is 0.481. The third kappa shape index (κ3) is 2.91. The van der Waals surface area contributed by atoms with Crippen LogP contribution >= 0.6 is 11.3 Å². The van der Waals surface area contributed by atoms with Crippen LogP contribution in [0.15, 0.2) is 42.5 Å². The minimum absolute atomic E-state index is 0.0276. The summed E-state index contributed by atoms with van der Waals surface area (Å²) in [5.74, 6) is -0.0276. The van der Waals surface area contributed by atoms with Gasteiger partial charge < -0.3 is 10.6 Å². The molecule has 0 aliphatic carbocycles. The maximum Gasteiger partial charge on any atom is 0.263 e. The third-order valence-electron chi connectivity index (χ3n) is 5.19. The lowest BCUT2D eigenvalue weighted by Crippen LogP contribution is -2.34. The van der Waals surface area contributed by atoms with Crippen LogP contribution in [-0.4, -0.2) is 23.5 Å². The Kier molecular flexibility index (Phi) is 4.00. The molecule has 0 unspecified atom stereocenters. The first-order chi connectivity index (χ1) is 14.0. The summed E-state index contributed by atoms with van der Waals surface area (Å²) < 4.78 is 1.07. The van der Waals surface area contributed by atoms with Gasteiger partial charge in [-0.3, -0.25) is 4.79 Å². The van der Waals surface area contributed by atoms with Crippen LogP contribution in [-0.2, 0) is 0 Å². The van der Waals surface area contributed by atoms with Crippen LogP contribution in [0, 0.1) is 18.3 Å². The molecule has 0 bridgehead atoms. The van der Waals surface area contributed by atoms with Crippen molar-refractivity contribution in [2.45, 2.75) is 19.9 Å². The smallest absolute Gasteiger partial charge is 0.263 e. The molecule has 0 radical (unpaired) electrons. The molecule has 0 fully saturated rings. The van der Waals surface area contributed by atoms with E-state index in [1.165, 1.54) is 11.3 Å². The van der Waals surface area contributed by atoms with Gasteiger partial charge in [0.2, 0.25) is 0 Å². The zero-order valence-electron chi connectivity index (χ0n) is 16.0. The van der Waals surface area contributed by atoms with Gasteiger partial charge in [0, 0.05) is 33.6 Å². The molecular formula is C23H18N4OS. The number of nitrogens with one attached hydrogen (secondary N) is 2. The highest BCUT2D eigenvalue weighted by Gasteiger charge is 2.24. The summed E-state index contributed by atoms with van der Waals surface area (Å²) in [4.78, 5) is 18.2. The number of benzene rings is 2. The van der Waals surface area contributed by atoms with E-state index in [4.69, 9.17) is 4.98 Å². The Morgan fingerprint density at radius 1 is 1.21 bits per heavy atom. The maximum atomic E-state index is 12.6. The number of fused-ring (bicyclic) bond motifs is 5. The van der Waals surface area contributed by atoms with Crippen molar-refractivity contribution in [1.29, 1.82) is 5.26 Å². The number of nitriles is 1. The van der Waals surface area contributed by atoms with E-state index >= 15 is 0 Å². The number of carbonyl (C=O) groups excluding carboxylic acids is 1. The second-order valence-corrected chi connectivity index (χ2v) is 8.52. The molecule has 1 aliphatic rings. The van der Waals surface area contributed by atoms with Gasteiger partial charge in [0.05, 0.1) is 28.5 Å². The number of amides is 1. The lowest BCUT2D eigenvalue weighted by atomic mass is 10.0. The number of aromatic nitrogens is 1. The largest absolute Gasteiger partial charge is 0.381 e. The number of aryl methyl sites for hydroxylation is 1. The van der Waals surface area contributed by atoms with Crippen molar-refractivity contribution < 1.29 is 4.79 Å². The number of carbonyl (C=O) groups is 1. The van der Waals surface area contributed by atoms with Gasteiger partial charge in [-0.05, 0) is 61.9 Å². The second-order valence-electron chi connectivity index (χ2n) is 7.46. The Hall–Kier alpha value is -3.43. The number of pyridine rings is 1. The summed E-state index contributed by atoms with van der Waals surface area (Å²) >= 11 is 1.51. The number of nitrogens with zero attached hydrogens (tertiary/aromatic N) is 2. The topological polar surface area (TPSA) is 77.8 Å². The van der Waals surface area contributed by atoms with Crippen molar-refractivity contribution in [1.82, 2.24) is 10.3 Å². The van der Waals surface area contributed by atoms with Gasteiger partial charge >= 0.3 is 0 Å². The van der Waals surface area contributed by atoms with Crippen LogP contribution in [0.3, 0.4) is 0 Å². The lowest BCUT2D eigenvalue weighted by Gasteiger charge is -2.10. The van der Waals surface area contributed by atoms with Crippen molar-refractivity contribution in [2.75, 3.05) is 11.9 Å². The van der Waals surface area contributed by atoms with Gasteiger partial charge in [-0.15, -0.1) is 11.3 Å². The van der Waals surface area contributed by atoms with Gasteiger partial charge in [-0.2, -0.15) is 5.26 Å². The van der Waals surface area contributed by atoms with Crippen LogP contribution in [0.1, 0.15) is 27.7 Å². The molecule has 3 heterocycles. The first-order valence-corrected chi connectivity index (χ1v) is 10.3. The van der Waals surface area contributed by atoms with Crippen molar-refractivity contribution in [3.63, 3.8) is 0 Å². The standard InChI is InChI=1S/C23H18N4OS/c1-12-7-14(10-24)9-15(8-12)17-4-3-16-18(27-17)5-6-19-20(16)21-22(29-19)23(28)26-13(2)11-25-21/h3-9,13,25H,11H2,1-2H3,(H,26,28)/t13-/m1/s1. The molecule has 2 aromatic heterocycles. The van der Waals surface area contributed by atoms with Crippen LogP contribution in [0.25, 0.3) is 32.2 Å². The minimum Gasteiger partial charge on any atom is -0.381 e. The Morgan fingerprint density at radius 2 is 2.07 bits per heavy atom. The molecule has 2 N–H and O–H groups in total. The van der Waals surface area contributed by atoms with Crippen LogP contribution in [0.5, 0.6) is 0 Å². The Labute approximate surface area is 172 Å². The molecule has 5 nitrogen and oxygen atoms in total. The number of thiophene rings is 1. The molecule has 2 aromatic carbocycles. The van der Waals surface area contributed by atoms with Gasteiger partial charge in [0.1, 0.15) is 4.88 Å². The summed E-state index contributed by atoms with van der Waals surface area (Å²) in [5.41, 5.74) is 5.19. The monoisotopic (exact) mass is 398 g/mol. The molecule has 0 spiro atoms. The zero-order chi connectivity index (χ0) is 20.1. The molecule has 1 atom stereocenters. The second kappa shape index (κ2) is 6.57. The van der Waals surface area contributed by atoms with Crippen molar-refractivity contribution in [3.8, 4) is 17.3 Å². The fourth-order valence-electron chi connectivity index (χ4n) is 3.88. The van der Waals surface area contributed by atoms with Gasteiger partial charge in [-0.1, -0.05) is 0 Å². The molecule has 6 heteroatoms. The summed E-state index contributed by atoms with van der Waals surface area (Å²) in [7, 11) is 0. The number of anilines is 1. The lowest BCUT2D eigenvalue weighted by molar-refractivity contribution is 0.0949. The predicted octanol–water partition coefficient (Wildman–Crippen LogP) is 4.84. The van der Waals surface area contributed by atoms with E-state index in [2.05, 4.69) is 22.8 Å². The molecule has 29 heavy (non-hydrogen) atoms. The van der Waals surface area contributed by atoms with E-state index in [1.54, 1.807) is 0 Å². The van der Waals surface area contributed by atoms with Crippen LogP contribution < -0.4 is 10.6 Å². The molecule has 1 amide bonds. The van der Waals surface area contributed by atoms with Crippen molar-refractivity contribution in [3.05, 3.63) is 58.5 Å². The third-order valence-corrected chi connectivity index (χ3v) is 6.35. The Bertz CT molecular complexity index is 1350. The van der Waals surface area contributed by atoms with Crippen LogP contribution in [0.4, 0.5) is 5.69 Å². The van der Waals surface area contributed by atoms with Gasteiger partial charge in [0.15, 0.2) is 0 Å². The molecule has 1 aliphatic heterocycles. The summed E-state index contributed by atoms with van der Waals surface area (Å²) in [5, 5.41) is 17.8. The highest BCUT2D eigenvalue weighted by atomic mass is 32.1. The van der Waals surface area contributed by atoms with E-state index in [9.17, 15) is 10.1 Å². The number of hydrogen-bond donors (Lipinski definition) is 2. The molecular weight excluding hydrogens is 380 g/mol. The summed E-state index contributed by atoms with van der Waals surface area (Å²) in [6, 6.07) is 16.1. The molecule has 5 rings (SSSR count). The zero-order valence-corrected chi connectivity index (χ0v) is 16.9. The Balaban J connectivity index is 1.71. The normalized spacial score (nSPS) is 16.0. The van der Waals surface area contributed by atoms with Crippen LogP contribution in [0.2, 0.25) is 0 Å². The van der Waals surface area contributed by atoms with E-state index in [0.717, 1.165) is 48.4 Å². The molecule has 142 valence electrons. The van der Waals surface area contributed by atoms with Gasteiger partial charge in [-0.25, -0.2) is 4.98 Å². The average molecular weight is 398 g/mol. The predicted molar refractivity (Wildman–Crippen MR) is 117 cm³/mol. The van der Waals surface area contributed by atoms with E-state index < -0.39 is 0 Å². The SMILES string of the molecule is Cc1cc(C#N)cc(-c2ccc3c(ccc4sc5c(c43)NC[C@@H](C)NC5=O)n2)c1. The first kappa shape index (κ1) is 17.7. The minimum atomic E-state index is -0.0276. The fraction of sp³-hybridized carbons (Fsp3) is 0.174. The van der Waals surface area contributed by atoms with Gasteiger partial charge in [0.25, 0.3) is 5.91 Å². The summed E-state index contributed by atoms with van der Waals surface area (Å²) in [6.07, 6.45) is 0. The van der Waals surface area contributed by atoms with Crippen molar-refractivity contribution in [2.24, 2.45) is 0 Å². The maximum absolute atomic E-state index is 12.6. The highest BCUT2D eigenvalue weighted by Crippen LogP contribution is 2.41. The van der Waals surface area contributed by atoms with E-state index in [0.29, 0.717) is 12.1 Å². The Morgan fingerprint density at radius 3 is 2.90 bits per heavy atom. The molecule has 0 saturated carbocycles. The molecule has 0 saturated heterocycles. The highest BCUT2D eigenvalue weighted by molar-refractivity contribution is 7.21. The number of rotatable bonds is 1. The first-order valence-electron chi connectivity index (χ1n) is 9.46. The van der Waals surface area contributed by atoms with E-state index in [-0.39, 0.29) is 11.9 Å². The number of hydrogen-bond acceptors (Lipinski definition) is 5. The fourth-order valence-corrected chi connectivity index (χ4v) is 4.98. The molecule has 4 aromatic rings. The average Bonchev–Trinajstić information content (AvgIpc) is 3.04.